The summed E-state index contributed by atoms with van der Waals surface area (Å²) in [5.41, 5.74) is 2.17. The summed E-state index contributed by atoms with van der Waals surface area (Å²) >= 11 is 0. The number of amides is 1. The number of hydrogen-bond acceptors (Lipinski definition) is 4. The largest absolute Gasteiger partial charge is 0.493 e. The third-order valence-electron chi connectivity index (χ3n) is 3.80. The van der Waals surface area contributed by atoms with Crippen LogP contribution in [0.2, 0.25) is 0 Å². The summed E-state index contributed by atoms with van der Waals surface area (Å²) in [4.78, 5) is 14.1. The van der Waals surface area contributed by atoms with Gasteiger partial charge in [0, 0.05) is 20.5 Å². The van der Waals surface area contributed by atoms with Crippen LogP contribution in [0, 0.1) is 5.82 Å². The lowest BCUT2D eigenvalue weighted by Crippen LogP contribution is -2.17. The van der Waals surface area contributed by atoms with Crippen molar-refractivity contribution in [1.29, 1.82) is 0 Å². The number of benzene rings is 2. The van der Waals surface area contributed by atoms with Gasteiger partial charge in [-0.2, -0.15) is 0 Å². The van der Waals surface area contributed by atoms with Crippen LogP contribution in [0.4, 0.5) is 15.8 Å². The topological polar surface area (TPSA) is 50.8 Å². The van der Waals surface area contributed by atoms with Gasteiger partial charge in [-0.1, -0.05) is 6.07 Å². The first kappa shape index (κ1) is 18.6. The molecule has 25 heavy (non-hydrogen) atoms. The van der Waals surface area contributed by atoms with Crippen LogP contribution in [-0.2, 0) is 11.2 Å². The maximum atomic E-state index is 13.5. The van der Waals surface area contributed by atoms with Crippen LogP contribution in [0.25, 0.3) is 0 Å². The average molecular weight is 346 g/mol. The van der Waals surface area contributed by atoms with Gasteiger partial charge in [0.05, 0.1) is 25.6 Å². The van der Waals surface area contributed by atoms with Gasteiger partial charge < -0.3 is 19.7 Å². The molecule has 0 aliphatic carbocycles. The van der Waals surface area contributed by atoms with E-state index in [9.17, 15) is 9.18 Å². The summed E-state index contributed by atoms with van der Waals surface area (Å²) in [6, 6.07) is 9.88. The van der Waals surface area contributed by atoms with Crippen molar-refractivity contribution in [2.75, 3.05) is 38.5 Å². The number of carbonyl (C=O) groups is 1. The molecule has 2 aromatic rings. The highest BCUT2D eigenvalue weighted by Gasteiger charge is 2.11. The Balaban J connectivity index is 2.03. The fraction of sp³-hybridized carbons (Fsp3) is 0.316. The Bertz CT molecular complexity index is 747. The zero-order valence-corrected chi connectivity index (χ0v) is 14.9. The maximum absolute atomic E-state index is 13.5. The first-order chi connectivity index (χ1) is 11.9. The van der Waals surface area contributed by atoms with E-state index in [1.807, 2.05) is 37.2 Å². The summed E-state index contributed by atoms with van der Waals surface area (Å²) < 4.78 is 23.9. The van der Waals surface area contributed by atoms with Crippen molar-refractivity contribution in [2.24, 2.45) is 0 Å². The molecule has 0 aliphatic rings. The molecule has 6 heteroatoms. The fourth-order valence-corrected chi connectivity index (χ4v) is 2.51. The minimum Gasteiger partial charge on any atom is -0.493 e. The smallest absolute Gasteiger partial charge is 0.224 e. The van der Waals surface area contributed by atoms with Gasteiger partial charge in [-0.3, -0.25) is 4.79 Å². The molecule has 0 unspecified atom stereocenters. The zero-order chi connectivity index (χ0) is 18.4. The molecule has 0 heterocycles. The van der Waals surface area contributed by atoms with Gasteiger partial charge in [0.25, 0.3) is 0 Å². The van der Waals surface area contributed by atoms with Crippen LogP contribution in [0.5, 0.6) is 11.5 Å². The SMILES string of the molecule is COc1ccc(CCC(=O)Nc2cc(F)ccc2N(C)C)cc1OC. The molecule has 0 fully saturated rings. The zero-order valence-electron chi connectivity index (χ0n) is 14.9. The van der Waals surface area contributed by atoms with Crippen molar-refractivity contribution in [2.45, 2.75) is 12.8 Å². The molecule has 0 bridgehead atoms. The molecule has 1 amide bonds. The van der Waals surface area contributed by atoms with Crippen molar-refractivity contribution in [1.82, 2.24) is 0 Å². The third-order valence-corrected chi connectivity index (χ3v) is 3.80. The summed E-state index contributed by atoms with van der Waals surface area (Å²) in [5, 5.41) is 2.78. The van der Waals surface area contributed by atoms with Gasteiger partial charge in [-0.25, -0.2) is 4.39 Å². The molecule has 2 aromatic carbocycles. The molecule has 0 radical (unpaired) electrons. The number of aryl methyl sites for hydroxylation is 1. The molecule has 0 aromatic heterocycles. The second kappa shape index (κ2) is 8.37. The maximum Gasteiger partial charge on any atom is 0.224 e. The van der Waals surface area contributed by atoms with Gasteiger partial charge >= 0.3 is 0 Å². The monoisotopic (exact) mass is 346 g/mol. The normalized spacial score (nSPS) is 10.3. The molecular formula is C19H23FN2O3. The average Bonchev–Trinajstić information content (AvgIpc) is 2.59. The van der Waals surface area contributed by atoms with Crippen LogP contribution in [-0.4, -0.2) is 34.2 Å². The van der Waals surface area contributed by atoms with Crippen LogP contribution < -0.4 is 19.7 Å². The number of nitrogens with one attached hydrogen (secondary N) is 1. The predicted molar refractivity (Wildman–Crippen MR) is 97.2 cm³/mol. The summed E-state index contributed by atoms with van der Waals surface area (Å²) in [6.07, 6.45) is 0.817. The Hall–Kier alpha value is -2.76. The Labute approximate surface area is 147 Å². The van der Waals surface area contributed by atoms with Gasteiger partial charge in [-0.05, 0) is 42.3 Å². The van der Waals surface area contributed by atoms with E-state index in [1.165, 1.54) is 12.1 Å². The van der Waals surface area contributed by atoms with Crippen molar-refractivity contribution >= 4 is 17.3 Å². The standard InChI is InChI=1S/C19H23FN2O3/c1-22(2)16-8-7-14(20)12-15(16)21-19(23)10-6-13-5-9-17(24-3)18(11-13)25-4/h5,7-9,11-12H,6,10H2,1-4H3,(H,21,23). The van der Waals surface area contributed by atoms with E-state index < -0.39 is 0 Å². The Kier molecular flexibility index (Phi) is 6.22. The summed E-state index contributed by atoms with van der Waals surface area (Å²) in [7, 11) is 6.83. The molecule has 5 nitrogen and oxygen atoms in total. The van der Waals surface area contributed by atoms with Crippen molar-refractivity contribution < 1.29 is 18.7 Å². The lowest BCUT2D eigenvalue weighted by molar-refractivity contribution is -0.116. The van der Waals surface area contributed by atoms with Crippen molar-refractivity contribution in [3.8, 4) is 11.5 Å². The van der Waals surface area contributed by atoms with Gasteiger partial charge in [0.15, 0.2) is 11.5 Å². The highest BCUT2D eigenvalue weighted by Crippen LogP contribution is 2.28. The second-order valence-electron chi connectivity index (χ2n) is 5.79. The Morgan fingerprint density at radius 3 is 2.44 bits per heavy atom. The molecule has 0 saturated heterocycles. The van der Waals surface area contributed by atoms with E-state index in [-0.39, 0.29) is 18.1 Å². The molecule has 0 aliphatic heterocycles. The summed E-state index contributed by atoms with van der Waals surface area (Å²) in [6.45, 7) is 0. The molecule has 1 N–H and O–H groups in total. The Morgan fingerprint density at radius 1 is 1.08 bits per heavy atom. The first-order valence-electron chi connectivity index (χ1n) is 7.92. The van der Waals surface area contributed by atoms with Crippen LogP contribution in [0.3, 0.4) is 0 Å². The first-order valence-corrected chi connectivity index (χ1v) is 7.92. The number of hydrogen-bond donors (Lipinski definition) is 1. The number of carbonyl (C=O) groups excluding carboxylic acids is 1. The number of ether oxygens (including phenoxy) is 2. The number of methoxy groups -OCH3 is 2. The summed E-state index contributed by atoms with van der Waals surface area (Å²) in [5.74, 6) is 0.704. The van der Waals surface area contributed by atoms with Gasteiger partial charge in [0.1, 0.15) is 5.82 Å². The molecule has 134 valence electrons. The van der Waals surface area contributed by atoms with E-state index in [1.54, 1.807) is 20.3 Å². The van der Waals surface area contributed by atoms with Gasteiger partial charge in [0.2, 0.25) is 5.91 Å². The van der Waals surface area contributed by atoms with Gasteiger partial charge in [-0.15, -0.1) is 0 Å². The molecule has 2 rings (SSSR count). The van der Waals surface area contributed by atoms with E-state index in [0.29, 0.717) is 23.6 Å². The van der Waals surface area contributed by atoms with Crippen LogP contribution in [0.1, 0.15) is 12.0 Å². The molecule has 0 atom stereocenters. The van der Waals surface area contributed by atoms with E-state index in [0.717, 1.165) is 11.3 Å². The lowest BCUT2D eigenvalue weighted by Gasteiger charge is -2.18. The number of nitrogens with zero attached hydrogens (tertiary/aromatic N) is 1. The van der Waals surface area contributed by atoms with Crippen LogP contribution >= 0.6 is 0 Å². The Morgan fingerprint density at radius 2 is 1.80 bits per heavy atom. The van der Waals surface area contributed by atoms with E-state index in [4.69, 9.17) is 9.47 Å². The van der Waals surface area contributed by atoms with E-state index in [2.05, 4.69) is 5.32 Å². The highest BCUT2D eigenvalue weighted by atomic mass is 19.1. The minimum atomic E-state index is -0.388. The second-order valence-corrected chi connectivity index (χ2v) is 5.79. The molecular weight excluding hydrogens is 323 g/mol. The number of anilines is 2. The highest BCUT2D eigenvalue weighted by molar-refractivity contribution is 5.94. The van der Waals surface area contributed by atoms with Crippen molar-refractivity contribution in [3.63, 3.8) is 0 Å². The molecule has 0 spiro atoms. The number of rotatable bonds is 7. The predicted octanol–water partition coefficient (Wildman–Crippen LogP) is 3.48. The molecule has 0 saturated carbocycles. The van der Waals surface area contributed by atoms with Crippen LogP contribution in [0.15, 0.2) is 36.4 Å². The van der Waals surface area contributed by atoms with E-state index >= 15 is 0 Å². The van der Waals surface area contributed by atoms with Crippen molar-refractivity contribution in [3.05, 3.63) is 47.8 Å². The minimum absolute atomic E-state index is 0.177. The third kappa shape index (κ3) is 4.86. The fourth-order valence-electron chi connectivity index (χ4n) is 2.51. The number of halogens is 1. The quantitative estimate of drug-likeness (QED) is 0.834. The lowest BCUT2D eigenvalue weighted by atomic mass is 10.1.